The van der Waals surface area contributed by atoms with Crippen molar-refractivity contribution >= 4 is 12.2 Å². The lowest BCUT2D eigenvalue weighted by molar-refractivity contribution is -0.415. The van der Waals surface area contributed by atoms with Crippen molar-refractivity contribution in [3.8, 4) is 0 Å². The summed E-state index contributed by atoms with van der Waals surface area (Å²) in [6.07, 6.45) is 2.78. The average molecular weight is 218 g/mol. The summed E-state index contributed by atoms with van der Waals surface area (Å²) in [5.74, 6) is 0. The van der Waals surface area contributed by atoms with Crippen LogP contribution in [-0.2, 0) is 0 Å². The van der Waals surface area contributed by atoms with Crippen LogP contribution in [0.15, 0.2) is 62.2 Å². The summed E-state index contributed by atoms with van der Waals surface area (Å²) in [4.78, 5) is 8.33. The summed E-state index contributed by atoms with van der Waals surface area (Å²) in [5, 5.41) is 16.7. The molecule has 0 radical (unpaired) electrons. The van der Waals surface area contributed by atoms with Crippen molar-refractivity contribution in [2.24, 2.45) is 0 Å². The summed E-state index contributed by atoms with van der Waals surface area (Å²) < 4.78 is 0. The summed E-state index contributed by atoms with van der Waals surface area (Å²) in [5.41, 5.74) is 1.17. The van der Waals surface area contributed by atoms with Crippen molar-refractivity contribution in [1.29, 1.82) is 0 Å². The van der Waals surface area contributed by atoms with E-state index in [-0.39, 0.29) is 0 Å². The van der Waals surface area contributed by atoms with Gasteiger partial charge in [0.1, 0.15) is 0 Å². The molecule has 0 aliphatic rings. The number of allylic oxidation sites excluding steroid dienone is 2. The molecule has 0 spiro atoms. The number of rotatable bonds is 2. The van der Waals surface area contributed by atoms with Crippen molar-refractivity contribution in [3.05, 3.63) is 67.8 Å². The molecular weight excluding hydrogens is 204 g/mol. The summed E-state index contributed by atoms with van der Waals surface area (Å²) in [6.45, 7) is 10.4. The van der Waals surface area contributed by atoms with Gasteiger partial charge in [0.05, 0.1) is 0 Å². The molecule has 0 aromatic heterocycles. The fourth-order valence-electron chi connectivity index (χ4n) is 0.589. The van der Waals surface area contributed by atoms with Gasteiger partial charge in [0.25, 0.3) is 0 Å². The first-order valence-electron chi connectivity index (χ1n) is 4.37. The van der Waals surface area contributed by atoms with Gasteiger partial charge in [0.2, 0.25) is 0 Å². The molecule has 3 nitrogen and oxygen atoms in total. The van der Waals surface area contributed by atoms with Crippen LogP contribution in [0.4, 0.5) is 4.79 Å². The van der Waals surface area contributed by atoms with E-state index in [4.69, 9.17) is 15.0 Å². The molecule has 86 valence electrons. The van der Waals surface area contributed by atoms with Crippen LogP contribution in [0.25, 0.3) is 6.08 Å². The Kier molecular flexibility index (Phi) is 12.8. The lowest BCUT2D eigenvalue weighted by atomic mass is 10.2. The minimum Gasteiger partial charge on any atom is -0.652 e. The first-order valence-corrected chi connectivity index (χ1v) is 4.37. The first-order chi connectivity index (χ1) is 7.58. The minimum atomic E-state index is -2.33. The lowest BCUT2D eigenvalue weighted by Gasteiger charge is -1.96. The predicted molar refractivity (Wildman–Crippen MR) is 62.3 cm³/mol. The van der Waals surface area contributed by atoms with Crippen LogP contribution in [0, 0.1) is 0 Å². The van der Waals surface area contributed by atoms with Gasteiger partial charge < -0.3 is 15.0 Å². The van der Waals surface area contributed by atoms with Gasteiger partial charge in [-0.15, -0.1) is 0 Å². The van der Waals surface area contributed by atoms with Crippen molar-refractivity contribution in [1.82, 2.24) is 0 Å². The summed E-state index contributed by atoms with van der Waals surface area (Å²) >= 11 is 0. The molecule has 16 heavy (non-hydrogen) atoms. The number of carbonyl (C=O) groups excluding carboxylic acids is 1. The smallest absolute Gasteiger partial charge is 0.0263 e. The van der Waals surface area contributed by atoms with Gasteiger partial charge in [0.15, 0.2) is 0 Å². The summed E-state index contributed by atoms with van der Waals surface area (Å²) in [7, 11) is 0. The monoisotopic (exact) mass is 218 g/mol. The van der Waals surface area contributed by atoms with Crippen LogP contribution in [-0.4, -0.2) is 6.16 Å². The van der Waals surface area contributed by atoms with Crippen LogP contribution in [0.3, 0.4) is 0 Å². The number of hydrogen-bond acceptors (Lipinski definition) is 3. The topological polar surface area (TPSA) is 63.2 Å². The highest BCUT2D eigenvalue weighted by atomic mass is 16.6. The molecule has 0 atom stereocenters. The fraction of sp³-hybridized carbons (Fsp3) is 0. The zero-order chi connectivity index (χ0) is 12.8. The van der Waals surface area contributed by atoms with Crippen molar-refractivity contribution in [2.75, 3.05) is 0 Å². The minimum absolute atomic E-state index is 1.17. The van der Waals surface area contributed by atoms with E-state index in [2.05, 4.69) is 19.7 Å². The standard InChI is InChI=1S/C8H8.C4H6.CH2O3/c1-2-8-6-4-3-5-7-8;1-3-4-2;2-1(3)4/h2-7H,1H2;3-4H,1-2H2;(H2,2,3,4)/p-2. The third-order valence-corrected chi connectivity index (χ3v) is 1.20. The first kappa shape index (κ1) is 16.2. The molecule has 1 rings (SSSR count). The maximum absolute atomic E-state index is 8.33. The molecule has 0 heterocycles. The van der Waals surface area contributed by atoms with Crippen molar-refractivity contribution in [2.45, 2.75) is 0 Å². The van der Waals surface area contributed by atoms with E-state index in [1.165, 1.54) is 5.56 Å². The quantitative estimate of drug-likeness (QED) is 0.701. The van der Waals surface area contributed by atoms with E-state index in [1.54, 1.807) is 12.2 Å². The van der Waals surface area contributed by atoms with Crippen molar-refractivity contribution < 1.29 is 15.0 Å². The van der Waals surface area contributed by atoms with E-state index in [1.807, 2.05) is 36.4 Å². The highest BCUT2D eigenvalue weighted by Crippen LogP contribution is 1.97. The Bertz CT molecular complexity index is 305. The maximum atomic E-state index is 8.33. The number of carbonyl (C=O) groups is 1. The molecule has 1 aromatic rings. The number of hydrogen-bond donors (Lipinski definition) is 0. The Hall–Kier alpha value is -2.29. The van der Waals surface area contributed by atoms with Gasteiger partial charge in [0, 0.05) is 0 Å². The third-order valence-electron chi connectivity index (χ3n) is 1.20. The predicted octanol–water partition coefficient (Wildman–Crippen LogP) is 1.24. The molecule has 0 amide bonds. The van der Waals surface area contributed by atoms with Gasteiger partial charge in [-0.3, -0.25) is 0 Å². The largest absolute Gasteiger partial charge is 0.652 e. The molecule has 0 saturated carbocycles. The lowest BCUT2D eigenvalue weighted by Crippen LogP contribution is -2.37. The molecule has 0 N–H and O–H groups in total. The molecular formula is C13H14O3-2. The molecule has 0 unspecified atom stereocenters. The molecule has 0 saturated heterocycles. The second kappa shape index (κ2) is 12.7. The Morgan fingerprint density at radius 3 is 1.56 bits per heavy atom. The highest BCUT2D eigenvalue weighted by Gasteiger charge is 1.75. The van der Waals surface area contributed by atoms with E-state index in [0.29, 0.717) is 0 Å². The Morgan fingerprint density at radius 1 is 1.00 bits per heavy atom. The van der Waals surface area contributed by atoms with E-state index >= 15 is 0 Å². The normalized spacial score (nSPS) is 7.00. The molecule has 1 aromatic carbocycles. The third kappa shape index (κ3) is 17.7. The fourth-order valence-corrected chi connectivity index (χ4v) is 0.589. The highest BCUT2D eigenvalue weighted by molar-refractivity contribution is 5.47. The van der Waals surface area contributed by atoms with E-state index < -0.39 is 6.16 Å². The summed E-state index contributed by atoms with van der Waals surface area (Å²) in [6, 6.07) is 10.0. The zero-order valence-electron chi connectivity index (χ0n) is 8.96. The van der Waals surface area contributed by atoms with E-state index in [9.17, 15) is 0 Å². The van der Waals surface area contributed by atoms with Crippen molar-refractivity contribution in [3.63, 3.8) is 0 Å². The molecule has 0 aliphatic carbocycles. The SMILES string of the molecule is C=CC=C.C=Cc1ccccc1.O=C([O-])[O-]. The van der Waals surface area contributed by atoms with Crippen LogP contribution in [0.5, 0.6) is 0 Å². The van der Waals surface area contributed by atoms with Gasteiger partial charge in [-0.05, 0) is 11.7 Å². The van der Waals surface area contributed by atoms with Gasteiger partial charge in [-0.25, -0.2) is 0 Å². The average Bonchev–Trinajstić information content (AvgIpc) is 2.30. The van der Waals surface area contributed by atoms with Crippen LogP contribution in [0.2, 0.25) is 0 Å². The Morgan fingerprint density at radius 2 is 1.38 bits per heavy atom. The second-order valence-corrected chi connectivity index (χ2v) is 2.34. The van der Waals surface area contributed by atoms with E-state index in [0.717, 1.165) is 0 Å². The van der Waals surface area contributed by atoms with Crippen LogP contribution in [0.1, 0.15) is 5.56 Å². The molecule has 3 heteroatoms. The van der Waals surface area contributed by atoms with Gasteiger partial charge in [-0.1, -0.05) is 68.3 Å². The van der Waals surface area contributed by atoms with Crippen LogP contribution >= 0.6 is 0 Å². The van der Waals surface area contributed by atoms with Crippen LogP contribution < -0.4 is 10.2 Å². The maximum Gasteiger partial charge on any atom is -0.0263 e. The molecule has 0 aliphatic heterocycles. The second-order valence-electron chi connectivity index (χ2n) is 2.34. The Labute approximate surface area is 95.7 Å². The number of benzene rings is 1. The number of carboxylic acid groups (broad SMARTS) is 2. The molecule has 0 bridgehead atoms. The Balaban J connectivity index is 0. The van der Waals surface area contributed by atoms with Gasteiger partial charge in [-0.2, -0.15) is 0 Å². The molecule has 0 fully saturated rings. The zero-order valence-corrected chi connectivity index (χ0v) is 8.96. The van der Waals surface area contributed by atoms with Gasteiger partial charge >= 0.3 is 0 Å².